The third-order valence-corrected chi connectivity index (χ3v) is 2.51. The lowest BCUT2D eigenvalue weighted by Gasteiger charge is -2.16. The normalized spacial score (nSPS) is 10.1. The van der Waals surface area contributed by atoms with Crippen molar-refractivity contribution in [2.75, 3.05) is 11.9 Å². The van der Waals surface area contributed by atoms with Gasteiger partial charge in [0.05, 0.1) is 5.56 Å². The van der Waals surface area contributed by atoms with Gasteiger partial charge in [0, 0.05) is 26.0 Å². The summed E-state index contributed by atoms with van der Waals surface area (Å²) in [6, 6.07) is 8.54. The maximum Gasteiger partial charge on any atom is 0.335 e. The molecule has 0 aliphatic heterocycles. The molecule has 0 atom stereocenters. The van der Waals surface area contributed by atoms with Gasteiger partial charge in [-0.05, 0) is 23.8 Å². The average molecular weight is 243 g/mol. The molecule has 5 nitrogen and oxygen atoms in total. The van der Waals surface area contributed by atoms with Crippen LogP contribution in [0.3, 0.4) is 0 Å². The molecule has 92 valence electrons. The first kappa shape index (κ1) is 12.0. The van der Waals surface area contributed by atoms with Crippen LogP contribution in [0, 0.1) is 0 Å². The Balaban J connectivity index is 2.08. The van der Waals surface area contributed by atoms with Crippen LogP contribution in [0.25, 0.3) is 0 Å². The van der Waals surface area contributed by atoms with Crippen molar-refractivity contribution in [1.82, 2.24) is 9.97 Å². The van der Waals surface area contributed by atoms with E-state index in [0.717, 1.165) is 5.56 Å². The van der Waals surface area contributed by atoms with E-state index in [9.17, 15) is 4.79 Å². The number of carboxylic acid groups (broad SMARTS) is 1. The van der Waals surface area contributed by atoms with E-state index in [1.165, 1.54) is 0 Å². The average Bonchev–Trinajstić information content (AvgIpc) is 2.40. The Labute approximate surface area is 105 Å². The Morgan fingerprint density at radius 3 is 2.39 bits per heavy atom. The molecule has 2 aromatic rings. The predicted molar refractivity (Wildman–Crippen MR) is 67.5 cm³/mol. The Hall–Kier alpha value is -2.43. The van der Waals surface area contributed by atoms with E-state index in [2.05, 4.69) is 9.97 Å². The summed E-state index contributed by atoms with van der Waals surface area (Å²) >= 11 is 0. The molecule has 0 radical (unpaired) electrons. The van der Waals surface area contributed by atoms with Crippen LogP contribution in [0.15, 0.2) is 42.7 Å². The van der Waals surface area contributed by atoms with Crippen LogP contribution >= 0.6 is 0 Å². The van der Waals surface area contributed by atoms with Gasteiger partial charge in [0.2, 0.25) is 5.95 Å². The second kappa shape index (κ2) is 5.27. The highest BCUT2D eigenvalue weighted by Crippen LogP contribution is 2.10. The minimum absolute atomic E-state index is 0.289. The molecule has 18 heavy (non-hydrogen) atoms. The highest BCUT2D eigenvalue weighted by molar-refractivity contribution is 5.87. The van der Waals surface area contributed by atoms with Crippen LogP contribution in [0.5, 0.6) is 0 Å². The number of carbonyl (C=O) groups is 1. The van der Waals surface area contributed by atoms with Crippen LogP contribution in [-0.4, -0.2) is 28.1 Å². The fourth-order valence-corrected chi connectivity index (χ4v) is 1.59. The van der Waals surface area contributed by atoms with E-state index >= 15 is 0 Å². The molecular weight excluding hydrogens is 230 g/mol. The van der Waals surface area contributed by atoms with Crippen molar-refractivity contribution in [1.29, 1.82) is 0 Å². The first-order valence-corrected chi connectivity index (χ1v) is 5.47. The quantitative estimate of drug-likeness (QED) is 0.887. The molecule has 0 saturated heterocycles. The van der Waals surface area contributed by atoms with Crippen LogP contribution in [0.1, 0.15) is 15.9 Å². The third-order valence-electron chi connectivity index (χ3n) is 2.51. The Morgan fingerprint density at radius 1 is 1.22 bits per heavy atom. The SMILES string of the molecule is CN(Cc1ccc(C(=O)O)cc1)c1ncccn1. The molecule has 0 aliphatic carbocycles. The molecule has 0 amide bonds. The van der Waals surface area contributed by atoms with Crippen LogP contribution < -0.4 is 4.90 Å². The number of benzene rings is 1. The van der Waals surface area contributed by atoms with Gasteiger partial charge in [-0.15, -0.1) is 0 Å². The molecule has 0 spiro atoms. The number of carboxylic acids is 1. The summed E-state index contributed by atoms with van der Waals surface area (Å²) in [6.45, 7) is 0.629. The highest BCUT2D eigenvalue weighted by Gasteiger charge is 2.05. The molecule has 0 unspecified atom stereocenters. The zero-order chi connectivity index (χ0) is 13.0. The Kier molecular flexibility index (Phi) is 3.52. The predicted octanol–water partition coefficient (Wildman–Crippen LogP) is 1.81. The molecule has 0 saturated carbocycles. The number of nitrogens with zero attached hydrogens (tertiary/aromatic N) is 3. The minimum atomic E-state index is -0.915. The maximum atomic E-state index is 10.7. The molecule has 1 N–H and O–H groups in total. The number of hydrogen-bond acceptors (Lipinski definition) is 4. The molecule has 0 aliphatic rings. The van der Waals surface area contributed by atoms with Crippen molar-refractivity contribution in [2.45, 2.75) is 6.54 Å². The van der Waals surface area contributed by atoms with Crippen molar-refractivity contribution in [3.05, 3.63) is 53.9 Å². The summed E-state index contributed by atoms with van der Waals surface area (Å²) in [5.74, 6) is -0.277. The summed E-state index contributed by atoms with van der Waals surface area (Å²) in [5, 5.41) is 8.81. The summed E-state index contributed by atoms with van der Waals surface area (Å²) in [6.07, 6.45) is 3.37. The van der Waals surface area contributed by atoms with Gasteiger partial charge in [0.25, 0.3) is 0 Å². The third kappa shape index (κ3) is 2.82. The number of aromatic nitrogens is 2. The second-order valence-corrected chi connectivity index (χ2v) is 3.91. The summed E-state index contributed by atoms with van der Waals surface area (Å²) in [5.41, 5.74) is 1.30. The zero-order valence-electron chi connectivity index (χ0n) is 9.95. The monoisotopic (exact) mass is 243 g/mol. The molecule has 0 fully saturated rings. The molecule has 1 heterocycles. The summed E-state index contributed by atoms with van der Waals surface area (Å²) < 4.78 is 0. The van der Waals surface area contributed by atoms with E-state index in [1.54, 1.807) is 42.7 Å². The van der Waals surface area contributed by atoms with Crippen LogP contribution in [-0.2, 0) is 6.54 Å². The van der Waals surface area contributed by atoms with Gasteiger partial charge in [-0.1, -0.05) is 12.1 Å². The second-order valence-electron chi connectivity index (χ2n) is 3.91. The van der Waals surface area contributed by atoms with E-state index in [1.807, 2.05) is 11.9 Å². The van der Waals surface area contributed by atoms with E-state index in [4.69, 9.17) is 5.11 Å². The van der Waals surface area contributed by atoms with Crippen molar-refractivity contribution >= 4 is 11.9 Å². The standard InChI is InChI=1S/C13H13N3O2/c1-16(13-14-7-2-8-15-13)9-10-3-5-11(6-4-10)12(17)18/h2-8H,9H2,1H3,(H,17,18). The largest absolute Gasteiger partial charge is 0.478 e. The van der Waals surface area contributed by atoms with Crippen molar-refractivity contribution < 1.29 is 9.90 Å². The van der Waals surface area contributed by atoms with Crippen LogP contribution in [0.2, 0.25) is 0 Å². The number of aromatic carboxylic acids is 1. The lowest BCUT2D eigenvalue weighted by Crippen LogP contribution is -2.18. The highest BCUT2D eigenvalue weighted by atomic mass is 16.4. The first-order valence-electron chi connectivity index (χ1n) is 5.47. The molecule has 5 heteroatoms. The van der Waals surface area contributed by atoms with E-state index in [0.29, 0.717) is 12.5 Å². The van der Waals surface area contributed by atoms with Gasteiger partial charge in [-0.3, -0.25) is 0 Å². The van der Waals surface area contributed by atoms with Crippen molar-refractivity contribution in [3.8, 4) is 0 Å². The molecule has 0 bridgehead atoms. The lowest BCUT2D eigenvalue weighted by molar-refractivity contribution is 0.0697. The van der Waals surface area contributed by atoms with Gasteiger partial charge in [-0.25, -0.2) is 14.8 Å². The minimum Gasteiger partial charge on any atom is -0.478 e. The van der Waals surface area contributed by atoms with Gasteiger partial charge in [0.1, 0.15) is 0 Å². The summed E-state index contributed by atoms with van der Waals surface area (Å²) in [7, 11) is 1.89. The van der Waals surface area contributed by atoms with Gasteiger partial charge in [0.15, 0.2) is 0 Å². The fraction of sp³-hybridized carbons (Fsp3) is 0.154. The van der Waals surface area contributed by atoms with E-state index < -0.39 is 5.97 Å². The Bertz CT molecular complexity index is 526. The smallest absolute Gasteiger partial charge is 0.335 e. The van der Waals surface area contributed by atoms with Crippen molar-refractivity contribution in [2.24, 2.45) is 0 Å². The molecular formula is C13H13N3O2. The van der Waals surface area contributed by atoms with Gasteiger partial charge >= 0.3 is 5.97 Å². The van der Waals surface area contributed by atoms with E-state index in [-0.39, 0.29) is 5.56 Å². The topological polar surface area (TPSA) is 66.3 Å². The molecule has 1 aromatic heterocycles. The lowest BCUT2D eigenvalue weighted by atomic mass is 10.1. The maximum absolute atomic E-state index is 10.7. The van der Waals surface area contributed by atoms with Crippen molar-refractivity contribution in [3.63, 3.8) is 0 Å². The first-order chi connectivity index (χ1) is 8.66. The molecule has 1 aromatic carbocycles. The number of anilines is 1. The molecule has 2 rings (SSSR count). The summed E-state index contributed by atoms with van der Waals surface area (Å²) in [4.78, 5) is 20.9. The van der Waals surface area contributed by atoms with Gasteiger partial charge in [-0.2, -0.15) is 0 Å². The number of hydrogen-bond donors (Lipinski definition) is 1. The zero-order valence-corrected chi connectivity index (χ0v) is 9.95. The Morgan fingerprint density at radius 2 is 1.83 bits per heavy atom. The fourth-order valence-electron chi connectivity index (χ4n) is 1.59. The number of rotatable bonds is 4. The van der Waals surface area contributed by atoms with Gasteiger partial charge < -0.3 is 10.0 Å². The van der Waals surface area contributed by atoms with Crippen LogP contribution in [0.4, 0.5) is 5.95 Å².